The Morgan fingerprint density at radius 2 is 1.57 bits per heavy atom. The zero-order chi connectivity index (χ0) is 20.1. The predicted octanol–water partition coefficient (Wildman–Crippen LogP) is 5.26. The van der Waals surface area contributed by atoms with Crippen LogP contribution in [-0.2, 0) is 0 Å². The fourth-order valence-electron chi connectivity index (χ4n) is 2.64. The van der Waals surface area contributed by atoms with Gasteiger partial charge in [-0.1, -0.05) is 48.6 Å². The molecular weight excluding hydrogens is 357 g/mol. The maximum atomic E-state index is 13.7. The van der Waals surface area contributed by atoms with Gasteiger partial charge in [-0.15, -0.1) is 0 Å². The van der Waals surface area contributed by atoms with Gasteiger partial charge in [0.25, 0.3) is 5.91 Å². The standard InChI is InChI=1S/C23H18FNO3/c1-15-7-8-16(13-20(15)24)9-10-17-11-12-19(23(27)28)21(14-17)25-22(26)18-5-3-2-4-6-18/h2-14H,1H3,(H,25,26)(H,27,28). The Labute approximate surface area is 162 Å². The number of hydrogen-bond donors (Lipinski definition) is 2. The topological polar surface area (TPSA) is 66.4 Å². The Hall–Kier alpha value is -3.73. The molecule has 4 nitrogen and oxygen atoms in total. The molecule has 140 valence electrons. The van der Waals surface area contributed by atoms with Crippen molar-refractivity contribution in [2.75, 3.05) is 5.32 Å². The third-order valence-electron chi connectivity index (χ3n) is 4.22. The first-order valence-electron chi connectivity index (χ1n) is 8.62. The molecule has 28 heavy (non-hydrogen) atoms. The largest absolute Gasteiger partial charge is 0.478 e. The van der Waals surface area contributed by atoms with E-state index in [2.05, 4.69) is 5.32 Å². The number of amides is 1. The maximum Gasteiger partial charge on any atom is 0.337 e. The van der Waals surface area contributed by atoms with Crippen LogP contribution in [0.3, 0.4) is 0 Å². The van der Waals surface area contributed by atoms with Crippen LogP contribution in [0.5, 0.6) is 0 Å². The molecule has 5 heteroatoms. The summed E-state index contributed by atoms with van der Waals surface area (Å²) >= 11 is 0. The van der Waals surface area contributed by atoms with Gasteiger partial charge in [0.2, 0.25) is 0 Å². The molecule has 1 amide bonds. The molecule has 0 fully saturated rings. The third-order valence-corrected chi connectivity index (χ3v) is 4.22. The van der Waals surface area contributed by atoms with Gasteiger partial charge < -0.3 is 10.4 Å². The van der Waals surface area contributed by atoms with Crippen LogP contribution in [0.15, 0.2) is 66.7 Å². The Morgan fingerprint density at radius 3 is 2.21 bits per heavy atom. The number of carbonyl (C=O) groups excluding carboxylic acids is 1. The normalized spacial score (nSPS) is 10.8. The minimum atomic E-state index is -1.14. The molecule has 2 N–H and O–H groups in total. The number of carbonyl (C=O) groups is 2. The number of carboxylic acids is 1. The van der Waals surface area contributed by atoms with Gasteiger partial charge in [-0.2, -0.15) is 0 Å². The summed E-state index contributed by atoms with van der Waals surface area (Å²) in [7, 11) is 0. The van der Waals surface area contributed by atoms with Crippen LogP contribution in [-0.4, -0.2) is 17.0 Å². The second kappa shape index (κ2) is 8.31. The number of nitrogens with one attached hydrogen (secondary N) is 1. The van der Waals surface area contributed by atoms with Crippen LogP contribution < -0.4 is 5.32 Å². The minimum absolute atomic E-state index is 0.0113. The number of aryl methyl sites for hydroxylation is 1. The van der Waals surface area contributed by atoms with Crippen molar-refractivity contribution in [3.8, 4) is 0 Å². The lowest BCUT2D eigenvalue weighted by Crippen LogP contribution is -2.14. The highest BCUT2D eigenvalue weighted by Gasteiger charge is 2.14. The maximum absolute atomic E-state index is 13.7. The summed E-state index contributed by atoms with van der Waals surface area (Å²) in [5.74, 6) is -1.83. The highest BCUT2D eigenvalue weighted by Crippen LogP contribution is 2.21. The Bertz CT molecular complexity index is 1060. The molecule has 0 unspecified atom stereocenters. The molecule has 0 atom stereocenters. The average Bonchev–Trinajstić information content (AvgIpc) is 2.69. The van der Waals surface area contributed by atoms with E-state index in [9.17, 15) is 19.1 Å². The van der Waals surface area contributed by atoms with Crippen molar-refractivity contribution in [3.05, 3.63) is 100 Å². The van der Waals surface area contributed by atoms with E-state index in [-0.39, 0.29) is 17.1 Å². The smallest absolute Gasteiger partial charge is 0.337 e. The summed E-state index contributed by atoms with van der Waals surface area (Å²) in [6.45, 7) is 1.69. The van der Waals surface area contributed by atoms with Crippen molar-refractivity contribution in [2.24, 2.45) is 0 Å². The molecule has 0 aliphatic carbocycles. The summed E-state index contributed by atoms with van der Waals surface area (Å²) in [5, 5.41) is 12.0. The summed E-state index contributed by atoms with van der Waals surface area (Å²) in [5.41, 5.74) is 2.53. The fraction of sp³-hybridized carbons (Fsp3) is 0.0435. The van der Waals surface area contributed by atoms with Gasteiger partial charge in [0.05, 0.1) is 11.3 Å². The number of hydrogen-bond acceptors (Lipinski definition) is 2. The van der Waals surface area contributed by atoms with Crippen molar-refractivity contribution in [1.82, 2.24) is 0 Å². The number of rotatable bonds is 5. The molecule has 0 spiro atoms. The number of carboxylic acid groups (broad SMARTS) is 1. The molecule has 0 saturated carbocycles. The first-order valence-corrected chi connectivity index (χ1v) is 8.62. The molecule has 0 heterocycles. The highest BCUT2D eigenvalue weighted by atomic mass is 19.1. The van der Waals surface area contributed by atoms with Gasteiger partial charge in [0.15, 0.2) is 0 Å². The minimum Gasteiger partial charge on any atom is -0.478 e. The van der Waals surface area contributed by atoms with Crippen molar-refractivity contribution < 1.29 is 19.1 Å². The summed E-state index contributed by atoms with van der Waals surface area (Å²) in [4.78, 5) is 23.9. The molecular formula is C23H18FNO3. The Kier molecular flexibility index (Phi) is 5.65. The first-order chi connectivity index (χ1) is 13.4. The van der Waals surface area contributed by atoms with E-state index in [0.29, 0.717) is 22.3 Å². The molecule has 0 radical (unpaired) electrons. The van der Waals surface area contributed by atoms with Gasteiger partial charge >= 0.3 is 5.97 Å². The predicted molar refractivity (Wildman–Crippen MR) is 108 cm³/mol. The van der Waals surface area contributed by atoms with E-state index in [1.165, 1.54) is 12.1 Å². The second-order valence-electron chi connectivity index (χ2n) is 6.27. The van der Waals surface area contributed by atoms with Gasteiger partial charge in [-0.25, -0.2) is 9.18 Å². The van der Waals surface area contributed by atoms with Crippen LogP contribution in [0.1, 0.15) is 37.4 Å². The highest BCUT2D eigenvalue weighted by molar-refractivity contribution is 6.08. The molecule has 3 aromatic carbocycles. The van der Waals surface area contributed by atoms with Crippen LogP contribution >= 0.6 is 0 Å². The van der Waals surface area contributed by atoms with Crippen molar-refractivity contribution in [3.63, 3.8) is 0 Å². The van der Waals surface area contributed by atoms with Crippen LogP contribution in [0.25, 0.3) is 12.2 Å². The summed E-state index contributed by atoms with van der Waals surface area (Å²) in [6.07, 6.45) is 3.45. The zero-order valence-electron chi connectivity index (χ0n) is 15.1. The van der Waals surface area contributed by atoms with Gasteiger partial charge in [0, 0.05) is 5.56 Å². The SMILES string of the molecule is Cc1ccc(C=Cc2ccc(C(=O)O)c(NC(=O)c3ccccc3)c2)cc1F. The average molecular weight is 375 g/mol. The van der Waals surface area contributed by atoms with Gasteiger partial charge in [-0.3, -0.25) is 4.79 Å². The lowest BCUT2D eigenvalue weighted by Gasteiger charge is -2.10. The molecule has 0 aliphatic rings. The van der Waals surface area contributed by atoms with Crippen molar-refractivity contribution in [2.45, 2.75) is 6.92 Å². The molecule has 3 rings (SSSR count). The molecule has 0 saturated heterocycles. The lowest BCUT2D eigenvalue weighted by molar-refractivity contribution is 0.0698. The van der Waals surface area contributed by atoms with E-state index in [1.807, 2.05) is 0 Å². The number of anilines is 1. The zero-order valence-corrected chi connectivity index (χ0v) is 15.1. The van der Waals surface area contributed by atoms with Gasteiger partial charge in [-0.05, 0) is 53.9 Å². The van der Waals surface area contributed by atoms with Crippen LogP contribution in [0, 0.1) is 12.7 Å². The van der Waals surface area contributed by atoms with Crippen LogP contribution in [0.2, 0.25) is 0 Å². The molecule has 0 aromatic heterocycles. The van der Waals surface area contributed by atoms with Crippen molar-refractivity contribution in [1.29, 1.82) is 0 Å². The quantitative estimate of drug-likeness (QED) is 0.598. The monoisotopic (exact) mass is 375 g/mol. The summed E-state index contributed by atoms with van der Waals surface area (Å²) in [6, 6.07) is 18.1. The Balaban J connectivity index is 1.88. The lowest BCUT2D eigenvalue weighted by atomic mass is 10.1. The number of aromatic carboxylic acids is 1. The molecule has 3 aromatic rings. The van der Waals surface area contributed by atoms with Gasteiger partial charge in [0.1, 0.15) is 5.82 Å². The van der Waals surface area contributed by atoms with E-state index < -0.39 is 11.9 Å². The fourth-order valence-corrected chi connectivity index (χ4v) is 2.64. The van der Waals surface area contributed by atoms with E-state index in [4.69, 9.17) is 0 Å². The molecule has 0 bridgehead atoms. The molecule has 0 aliphatic heterocycles. The second-order valence-corrected chi connectivity index (χ2v) is 6.27. The number of halogens is 1. The summed E-state index contributed by atoms with van der Waals surface area (Å²) < 4.78 is 13.7. The van der Waals surface area contributed by atoms with E-state index >= 15 is 0 Å². The Morgan fingerprint density at radius 1 is 0.929 bits per heavy atom. The number of benzene rings is 3. The first kappa shape index (κ1) is 19.0. The van der Waals surface area contributed by atoms with E-state index in [0.717, 1.165) is 0 Å². The third kappa shape index (κ3) is 4.51. The van der Waals surface area contributed by atoms with E-state index in [1.54, 1.807) is 73.7 Å². The van der Waals surface area contributed by atoms with Crippen LogP contribution in [0.4, 0.5) is 10.1 Å². The van der Waals surface area contributed by atoms with Crippen molar-refractivity contribution >= 4 is 29.7 Å².